The van der Waals surface area contributed by atoms with Crippen LogP contribution in [-0.4, -0.2) is 24.1 Å². The van der Waals surface area contributed by atoms with Crippen LogP contribution in [0.3, 0.4) is 0 Å². The lowest BCUT2D eigenvalue weighted by molar-refractivity contribution is -0.123. The Kier molecular flexibility index (Phi) is 7.77. The second-order valence-corrected chi connectivity index (χ2v) is 6.67. The van der Waals surface area contributed by atoms with Crippen molar-refractivity contribution in [1.82, 2.24) is 10.7 Å². The van der Waals surface area contributed by atoms with Gasteiger partial charge in [0.05, 0.1) is 0 Å². The fraction of sp³-hybridized carbons (Fsp3) is 0.190. The Morgan fingerprint density at radius 3 is 2.48 bits per heavy atom. The number of nitrogens with one attached hydrogen (secondary N) is 2. The molecule has 2 N–H and O–H groups in total. The Morgan fingerprint density at radius 2 is 1.81 bits per heavy atom. The molecule has 0 bridgehead atoms. The van der Waals surface area contributed by atoms with Crippen LogP contribution in [0.5, 0.6) is 0 Å². The van der Waals surface area contributed by atoms with Gasteiger partial charge < -0.3 is 5.32 Å². The van der Waals surface area contributed by atoms with Crippen molar-refractivity contribution in [2.75, 3.05) is 0 Å². The Morgan fingerprint density at radius 1 is 1.07 bits per heavy atom. The van der Waals surface area contributed by atoms with E-state index in [0.29, 0.717) is 10.6 Å². The fourth-order valence-electron chi connectivity index (χ4n) is 2.32. The van der Waals surface area contributed by atoms with Crippen molar-refractivity contribution in [3.05, 3.63) is 76.8 Å². The van der Waals surface area contributed by atoms with Crippen molar-refractivity contribution in [2.24, 2.45) is 11.0 Å². The van der Waals surface area contributed by atoms with Crippen LogP contribution in [0.2, 0.25) is 5.02 Å². The molecule has 0 heterocycles. The maximum atomic E-state index is 12.4. The molecule has 0 spiro atoms. The molecule has 0 aliphatic heterocycles. The summed E-state index contributed by atoms with van der Waals surface area (Å²) in [6, 6.07) is 15.6. The van der Waals surface area contributed by atoms with Crippen LogP contribution in [0.1, 0.15) is 29.8 Å². The highest BCUT2D eigenvalue weighted by molar-refractivity contribution is 6.31. The number of carbonyl (C=O) groups excluding carboxylic acids is 2. The van der Waals surface area contributed by atoms with Crippen LogP contribution >= 0.6 is 11.6 Å². The van der Waals surface area contributed by atoms with E-state index in [9.17, 15) is 9.59 Å². The lowest BCUT2D eigenvalue weighted by Gasteiger charge is -2.20. The summed E-state index contributed by atoms with van der Waals surface area (Å²) in [5.41, 5.74) is 3.89. The SMILES string of the molecule is CC(C)C(NC(=O)c1cccc(Cl)c1)C(=O)N/N=C\C=C\c1ccccc1. The number of hydrogen-bond acceptors (Lipinski definition) is 3. The average Bonchev–Trinajstić information content (AvgIpc) is 2.66. The van der Waals surface area contributed by atoms with Crippen molar-refractivity contribution in [1.29, 1.82) is 0 Å². The molecule has 27 heavy (non-hydrogen) atoms. The normalized spacial score (nSPS) is 12.4. The van der Waals surface area contributed by atoms with Crippen LogP contribution in [0, 0.1) is 5.92 Å². The van der Waals surface area contributed by atoms with Gasteiger partial charge in [-0.1, -0.05) is 67.9 Å². The summed E-state index contributed by atoms with van der Waals surface area (Å²) >= 11 is 5.91. The molecule has 6 heteroatoms. The molecule has 140 valence electrons. The number of hydrazone groups is 1. The third kappa shape index (κ3) is 6.72. The van der Waals surface area contributed by atoms with Gasteiger partial charge in [-0.2, -0.15) is 5.10 Å². The zero-order chi connectivity index (χ0) is 19.6. The zero-order valence-corrected chi connectivity index (χ0v) is 16.0. The minimum Gasteiger partial charge on any atom is -0.340 e. The monoisotopic (exact) mass is 383 g/mol. The van der Waals surface area contributed by atoms with E-state index in [0.717, 1.165) is 5.56 Å². The van der Waals surface area contributed by atoms with Gasteiger partial charge in [0.15, 0.2) is 0 Å². The number of halogens is 1. The van der Waals surface area contributed by atoms with Gasteiger partial charge in [0, 0.05) is 16.8 Å². The largest absolute Gasteiger partial charge is 0.340 e. The lowest BCUT2D eigenvalue weighted by Crippen LogP contribution is -2.48. The molecule has 1 unspecified atom stereocenters. The molecule has 0 saturated carbocycles. The van der Waals surface area contributed by atoms with E-state index in [2.05, 4.69) is 15.8 Å². The highest BCUT2D eigenvalue weighted by Gasteiger charge is 2.24. The van der Waals surface area contributed by atoms with Crippen molar-refractivity contribution >= 4 is 35.7 Å². The molecular weight excluding hydrogens is 362 g/mol. The van der Waals surface area contributed by atoms with Crippen molar-refractivity contribution in [2.45, 2.75) is 19.9 Å². The third-order valence-corrected chi connectivity index (χ3v) is 3.98. The van der Waals surface area contributed by atoms with Gasteiger partial charge in [-0.15, -0.1) is 0 Å². The summed E-state index contributed by atoms with van der Waals surface area (Å²) in [5, 5.41) is 7.09. The standard InChI is InChI=1S/C21H22ClN3O2/c1-15(2)19(24-20(26)17-11-6-12-18(22)14-17)21(27)25-23-13-7-10-16-8-4-3-5-9-16/h3-15,19H,1-2H3,(H,24,26)(H,25,27)/b10-7+,23-13-. The van der Waals surface area contributed by atoms with E-state index in [1.54, 1.807) is 30.3 Å². The molecule has 0 aromatic heterocycles. The first kappa shape index (κ1) is 20.4. The third-order valence-electron chi connectivity index (χ3n) is 3.75. The van der Waals surface area contributed by atoms with Gasteiger partial charge in [0.25, 0.3) is 11.8 Å². The van der Waals surface area contributed by atoms with Crippen molar-refractivity contribution in [3.63, 3.8) is 0 Å². The number of carbonyl (C=O) groups is 2. The lowest BCUT2D eigenvalue weighted by atomic mass is 10.0. The van der Waals surface area contributed by atoms with Crippen LogP contribution < -0.4 is 10.7 Å². The van der Waals surface area contributed by atoms with Gasteiger partial charge >= 0.3 is 0 Å². The van der Waals surface area contributed by atoms with Crippen LogP contribution in [0.4, 0.5) is 0 Å². The average molecular weight is 384 g/mol. The number of allylic oxidation sites excluding steroid dienone is 1. The predicted molar refractivity (Wildman–Crippen MR) is 110 cm³/mol. The Bertz CT molecular complexity index is 832. The van der Waals surface area contributed by atoms with Crippen molar-refractivity contribution < 1.29 is 9.59 Å². The Balaban J connectivity index is 1.93. The molecule has 1 atom stereocenters. The molecule has 0 aliphatic carbocycles. The van der Waals surface area contributed by atoms with Gasteiger partial charge in [0.2, 0.25) is 0 Å². The van der Waals surface area contributed by atoms with E-state index in [1.165, 1.54) is 6.21 Å². The maximum Gasteiger partial charge on any atom is 0.262 e. The van der Waals surface area contributed by atoms with E-state index in [1.807, 2.05) is 50.3 Å². The van der Waals surface area contributed by atoms with Gasteiger partial charge in [-0.05, 0) is 35.8 Å². The first-order valence-electron chi connectivity index (χ1n) is 8.58. The van der Waals surface area contributed by atoms with E-state index >= 15 is 0 Å². The summed E-state index contributed by atoms with van der Waals surface area (Å²) < 4.78 is 0. The molecule has 2 aromatic carbocycles. The molecule has 2 aromatic rings. The smallest absolute Gasteiger partial charge is 0.262 e. The molecule has 0 radical (unpaired) electrons. The first-order valence-corrected chi connectivity index (χ1v) is 8.96. The number of benzene rings is 2. The predicted octanol–water partition coefficient (Wildman–Crippen LogP) is 3.91. The molecule has 0 fully saturated rings. The quantitative estimate of drug-likeness (QED) is 0.562. The van der Waals surface area contributed by atoms with Crippen LogP contribution in [-0.2, 0) is 4.79 Å². The molecule has 5 nitrogen and oxygen atoms in total. The second kappa shape index (κ2) is 10.3. The molecule has 2 rings (SSSR count). The Hall–Kier alpha value is -2.92. The minimum atomic E-state index is -0.716. The zero-order valence-electron chi connectivity index (χ0n) is 15.2. The molecule has 0 saturated heterocycles. The molecule has 0 aliphatic rings. The second-order valence-electron chi connectivity index (χ2n) is 6.23. The summed E-state index contributed by atoms with van der Waals surface area (Å²) in [4.78, 5) is 24.7. The van der Waals surface area contributed by atoms with E-state index in [4.69, 9.17) is 11.6 Å². The topological polar surface area (TPSA) is 70.6 Å². The van der Waals surface area contributed by atoms with E-state index < -0.39 is 6.04 Å². The number of hydrogen-bond donors (Lipinski definition) is 2. The number of nitrogens with zero attached hydrogens (tertiary/aromatic N) is 1. The highest BCUT2D eigenvalue weighted by Crippen LogP contribution is 2.11. The number of amides is 2. The van der Waals surface area contributed by atoms with Gasteiger partial charge in [-0.25, -0.2) is 5.43 Å². The summed E-state index contributed by atoms with van der Waals surface area (Å²) in [7, 11) is 0. The molecular formula is C21H22ClN3O2. The Labute approximate surface area is 164 Å². The summed E-state index contributed by atoms with van der Waals surface area (Å²) in [6.45, 7) is 3.70. The van der Waals surface area contributed by atoms with Crippen LogP contribution in [0.15, 0.2) is 65.8 Å². The first-order chi connectivity index (χ1) is 13.0. The summed E-state index contributed by atoms with van der Waals surface area (Å²) in [5.74, 6) is -0.854. The van der Waals surface area contributed by atoms with E-state index in [-0.39, 0.29) is 17.7 Å². The van der Waals surface area contributed by atoms with Crippen molar-refractivity contribution in [3.8, 4) is 0 Å². The minimum absolute atomic E-state index is 0.108. The van der Waals surface area contributed by atoms with Gasteiger partial charge in [0.1, 0.15) is 6.04 Å². The van der Waals surface area contributed by atoms with Gasteiger partial charge in [-0.3, -0.25) is 9.59 Å². The summed E-state index contributed by atoms with van der Waals surface area (Å²) in [6.07, 6.45) is 5.09. The fourth-order valence-corrected chi connectivity index (χ4v) is 2.51. The number of rotatable bonds is 7. The highest BCUT2D eigenvalue weighted by atomic mass is 35.5. The van der Waals surface area contributed by atoms with Crippen LogP contribution in [0.25, 0.3) is 6.08 Å². The maximum absolute atomic E-state index is 12.4. The molecule has 2 amide bonds.